The molecule has 3 aromatic rings. The molecule has 0 spiro atoms. The van der Waals surface area contributed by atoms with Crippen molar-refractivity contribution in [2.24, 2.45) is 7.05 Å². The number of rotatable bonds is 5. The largest absolute Gasteiger partial charge is 0.490 e. The summed E-state index contributed by atoms with van der Waals surface area (Å²) in [7, 11) is 1.96. The highest BCUT2D eigenvalue weighted by Crippen LogP contribution is 2.30. The summed E-state index contributed by atoms with van der Waals surface area (Å²) >= 11 is 0. The van der Waals surface area contributed by atoms with Gasteiger partial charge in [-0.1, -0.05) is 12.1 Å². The summed E-state index contributed by atoms with van der Waals surface area (Å²) in [5.41, 5.74) is 3.18. The third kappa shape index (κ3) is 3.91. The molecule has 134 valence electrons. The van der Waals surface area contributed by atoms with E-state index in [9.17, 15) is 0 Å². The van der Waals surface area contributed by atoms with Crippen LogP contribution in [0.25, 0.3) is 11.3 Å². The Hall–Kier alpha value is -2.73. The molecule has 0 saturated carbocycles. The Labute approximate surface area is 153 Å². The molecule has 1 aliphatic heterocycles. The SMILES string of the molecule is Cn1cc(CN2CCC(Oc3ccccc3-c3ccncn3)CC2)cn1. The van der Waals surface area contributed by atoms with E-state index >= 15 is 0 Å². The van der Waals surface area contributed by atoms with Crippen molar-refractivity contribution in [2.75, 3.05) is 13.1 Å². The number of para-hydroxylation sites is 1. The second-order valence-corrected chi connectivity index (χ2v) is 6.71. The Morgan fingerprint density at radius 1 is 1.15 bits per heavy atom. The van der Waals surface area contributed by atoms with Gasteiger partial charge in [-0.2, -0.15) is 5.10 Å². The Kier molecular flexibility index (Phi) is 4.93. The average molecular weight is 349 g/mol. The predicted molar refractivity (Wildman–Crippen MR) is 99.6 cm³/mol. The van der Waals surface area contributed by atoms with E-state index in [1.165, 1.54) is 5.56 Å². The van der Waals surface area contributed by atoms with Crippen LogP contribution in [0.1, 0.15) is 18.4 Å². The molecule has 0 amide bonds. The summed E-state index contributed by atoms with van der Waals surface area (Å²) in [4.78, 5) is 10.8. The lowest BCUT2D eigenvalue weighted by Crippen LogP contribution is -2.37. The maximum atomic E-state index is 6.34. The van der Waals surface area contributed by atoms with Crippen LogP contribution in [-0.4, -0.2) is 43.8 Å². The van der Waals surface area contributed by atoms with Gasteiger partial charge in [-0.25, -0.2) is 9.97 Å². The highest BCUT2D eigenvalue weighted by Gasteiger charge is 2.22. The van der Waals surface area contributed by atoms with Gasteiger partial charge in [0.2, 0.25) is 0 Å². The number of benzene rings is 1. The fraction of sp³-hybridized carbons (Fsp3) is 0.350. The monoisotopic (exact) mass is 349 g/mol. The Morgan fingerprint density at radius 2 is 2.00 bits per heavy atom. The van der Waals surface area contributed by atoms with Crippen LogP contribution in [0.2, 0.25) is 0 Å². The number of piperidine rings is 1. The maximum Gasteiger partial charge on any atom is 0.129 e. The molecule has 6 heteroatoms. The summed E-state index contributed by atoms with van der Waals surface area (Å²) in [5.74, 6) is 0.900. The van der Waals surface area contributed by atoms with E-state index in [4.69, 9.17) is 4.74 Å². The zero-order valence-corrected chi connectivity index (χ0v) is 15.0. The third-order valence-electron chi connectivity index (χ3n) is 4.74. The first-order chi connectivity index (χ1) is 12.8. The topological polar surface area (TPSA) is 56.1 Å². The molecule has 0 N–H and O–H groups in total. The molecule has 0 atom stereocenters. The molecule has 1 saturated heterocycles. The first kappa shape index (κ1) is 16.7. The van der Waals surface area contributed by atoms with Crippen molar-refractivity contribution in [3.8, 4) is 17.0 Å². The second-order valence-electron chi connectivity index (χ2n) is 6.71. The van der Waals surface area contributed by atoms with Crippen molar-refractivity contribution in [3.63, 3.8) is 0 Å². The molecule has 0 radical (unpaired) electrons. The first-order valence-electron chi connectivity index (χ1n) is 9.00. The molecule has 1 fully saturated rings. The zero-order chi connectivity index (χ0) is 17.8. The van der Waals surface area contributed by atoms with Crippen LogP contribution in [0.15, 0.2) is 55.2 Å². The van der Waals surface area contributed by atoms with E-state index in [0.29, 0.717) is 0 Å². The van der Waals surface area contributed by atoms with Gasteiger partial charge in [0.25, 0.3) is 0 Å². The minimum absolute atomic E-state index is 0.239. The normalized spacial score (nSPS) is 15.9. The quantitative estimate of drug-likeness (QED) is 0.709. The molecular formula is C20H23N5O. The molecule has 1 aliphatic rings. The fourth-order valence-electron chi connectivity index (χ4n) is 3.41. The van der Waals surface area contributed by atoms with Gasteiger partial charge < -0.3 is 4.74 Å². The lowest BCUT2D eigenvalue weighted by molar-refractivity contribution is 0.0972. The highest BCUT2D eigenvalue weighted by molar-refractivity contribution is 5.66. The van der Waals surface area contributed by atoms with Gasteiger partial charge in [-0.3, -0.25) is 9.58 Å². The maximum absolute atomic E-state index is 6.34. The van der Waals surface area contributed by atoms with E-state index in [2.05, 4.69) is 32.2 Å². The Bertz CT molecular complexity index is 840. The van der Waals surface area contributed by atoms with Gasteiger partial charge in [-0.15, -0.1) is 0 Å². The molecule has 26 heavy (non-hydrogen) atoms. The Balaban J connectivity index is 1.38. The highest BCUT2D eigenvalue weighted by atomic mass is 16.5. The number of aromatic nitrogens is 4. The summed E-state index contributed by atoms with van der Waals surface area (Å²) in [6, 6.07) is 10.0. The number of ether oxygens (including phenoxy) is 1. The van der Waals surface area contributed by atoms with Gasteiger partial charge >= 0.3 is 0 Å². The van der Waals surface area contributed by atoms with E-state index < -0.39 is 0 Å². The van der Waals surface area contributed by atoms with E-state index in [1.54, 1.807) is 12.5 Å². The fourth-order valence-corrected chi connectivity index (χ4v) is 3.41. The molecule has 1 aromatic carbocycles. The molecular weight excluding hydrogens is 326 g/mol. The minimum Gasteiger partial charge on any atom is -0.490 e. The first-order valence-corrected chi connectivity index (χ1v) is 9.00. The van der Waals surface area contributed by atoms with Gasteiger partial charge in [0.1, 0.15) is 18.2 Å². The molecule has 2 aromatic heterocycles. The van der Waals surface area contributed by atoms with Crippen LogP contribution in [0.4, 0.5) is 0 Å². The van der Waals surface area contributed by atoms with Crippen LogP contribution in [0.3, 0.4) is 0 Å². The van der Waals surface area contributed by atoms with Crippen molar-refractivity contribution < 1.29 is 4.74 Å². The molecule has 0 bridgehead atoms. The number of hydrogen-bond acceptors (Lipinski definition) is 5. The second kappa shape index (κ2) is 7.66. The molecule has 4 rings (SSSR count). The van der Waals surface area contributed by atoms with Gasteiger partial charge in [-0.05, 0) is 31.0 Å². The van der Waals surface area contributed by atoms with Crippen LogP contribution in [-0.2, 0) is 13.6 Å². The molecule has 0 unspecified atom stereocenters. The van der Waals surface area contributed by atoms with Gasteiger partial charge in [0.05, 0.1) is 11.9 Å². The van der Waals surface area contributed by atoms with Crippen LogP contribution in [0, 0.1) is 0 Å². The molecule has 3 heterocycles. The Morgan fingerprint density at radius 3 is 2.73 bits per heavy atom. The van der Waals surface area contributed by atoms with E-state index in [1.807, 2.05) is 42.2 Å². The van der Waals surface area contributed by atoms with Gasteiger partial charge in [0.15, 0.2) is 0 Å². The van der Waals surface area contributed by atoms with Crippen LogP contribution < -0.4 is 4.74 Å². The van der Waals surface area contributed by atoms with E-state index in [-0.39, 0.29) is 6.10 Å². The summed E-state index contributed by atoms with van der Waals surface area (Å²) in [6.07, 6.45) is 9.65. The van der Waals surface area contributed by atoms with Crippen molar-refractivity contribution in [2.45, 2.75) is 25.5 Å². The smallest absolute Gasteiger partial charge is 0.129 e. The van der Waals surface area contributed by atoms with Gasteiger partial charge in [0, 0.05) is 50.2 Å². The lowest BCUT2D eigenvalue weighted by Gasteiger charge is -2.32. The third-order valence-corrected chi connectivity index (χ3v) is 4.74. The molecule has 6 nitrogen and oxygen atoms in total. The summed E-state index contributed by atoms with van der Waals surface area (Å²) < 4.78 is 8.20. The number of aryl methyl sites for hydroxylation is 1. The van der Waals surface area contributed by atoms with Crippen LogP contribution in [0.5, 0.6) is 5.75 Å². The van der Waals surface area contributed by atoms with Crippen molar-refractivity contribution in [1.82, 2.24) is 24.6 Å². The number of nitrogens with zero attached hydrogens (tertiary/aromatic N) is 5. The standard InChI is InChI=1S/C20H23N5O/c1-24-13-16(12-23-24)14-25-10-7-17(8-11-25)26-20-5-3-2-4-18(20)19-6-9-21-15-22-19/h2-6,9,12-13,15,17H,7-8,10-11,14H2,1H3. The lowest BCUT2D eigenvalue weighted by atomic mass is 10.1. The van der Waals surface area contributed by atoms with Crippen molar-refractivity contribution in [3.05, 3.63) is 60.8 Å². The van der Waals surface area contributed by atoms with E-state index in [0.717, 1.165) is 49.5 Å². The number of hydrogen-bond donors (Lipinski definition) is 0. The van der Waals surface area contributed by atoms with Crippen molar-refractivity contribution in [1.29, 1.82) is 0 Å². The minimum atomic E-state index is 0.239. The predicted octanol–water partition coefficient (Wildman–Crippen LogP) is 2.92. The summed E-state index contributed by atoms with van der Waals surface area (Å²) in [6.45, 7) is 3.03. The molecule has 0 aliphatic carbocycles. The van der Waals surface area contributed by atoms with Crippen molar-refractivity contribution >= 4 is 0 Å². The van der Waals surface area contributed by atoms with Crippen LogP contribution >= 0.6 is 0 Å². The average Bonchev–Trinajstić information content (AvgIpc) is 3.09. The summed E-state index contributed by atoms with van der Waals surface area (Å²) in [5, 5.41) is 4.25. The number of likely N-dealkylation sites (tertiary alicyclic amines) is 1. The zero-order valence-electron chi connectivity index (χ0n) is 15.0.